The van der Waals surface area contributed by atoms with Crippen LogP contribution in [0.1, 0.15) is 19.0 Å². The summed E-state index contributed by atoms with van der Waals surface area (Å²) in [5.74, 6) is 0.123. The topological polar surface area (TPSA) is 46.9 Å². The van der Waals surface area contributed by atoms with E-state index in [1.807, 2.05) is 28.8 Å². The van der Waals surface area contributed by atoms with Crippen molar-refractivity contribution in [2.24, 2.45) is 0 Å². The Morgan fingerprint density at radius 2 is 2.27 bits per heavy atom. The van der Waals surface area contributed by atoms with E-state index in [-0.39, 0.29) is 12.1 Å². The molecule has 2 aromatic rings. The van der Waals surface area contributed by atoms with Crippen LogP contribution in [0.5, 0.6) is 0 Å². The van der Waals surface area contributed by atoms with E-state index < -0.39 is 0 Å². The predicted molar refractivity (Wildman–Crippen MR) is 56.1 cm³/mol. The first-order chi connectivity index (χ1) is 7.34. The summed E-state index contributed by atoms with van der Waals surface area (Å²) >= 11 is 0. The van der Waals surface area contributed by atoms with E-state index >= 15 is 0 Å². The Bertz CT molecular complexity index is 517. The number of fused-ring (bicyclic) bond motifs is 1. The minimum absolute atomic E-state index is 0.0740. The molecule has 0 spiro atoms. The van der Waals surface area contributed by atoms with Crippen LogP contribution in [-0.2, 0) is 4.79 Å². The molecule has 0 aliphatic carbocycles. The van der Waals surface area contributed by atoms with E-state index in [1.165, 1.54) is 0 Å². The molecule has 3 rings (SSSR count). The Morgan fingerprint density at radius 3 is 3.07 bits per heavy atom. The molecule has 76 valence electrons. The van der Waals surface area contributed by atoms with E-state index in [9.17, 15) is 4.79 Å². The van der Waals surface area contributed by atoms with Crippen molar-refractivity contribution in [3.8, 4) is 0 Å². The number of hydrogen-bond donors (Lipinski definition) is 1. The SMILES string of the molecule is O=C1CCC(n2cnc3ccccc32)N1. The number of nitrogens with zero attached hydrogens (tertiary/aromatic N) is 2. The summed E-state index contributed by atoms with van der Waals surface area (Å²) in [5, 5.41) is 2.93. The summed E-state index contributed by atoms with van der Waals surface area (Å²) in [6.45, 7) is 0. The van der Waals surface area contributed by atoms with E-state index in [0.717, 1.165) is 17.5 Å². The second kappa shape index (κ2) is 3.08. The first-order valence-electron chi connectivity index (χ1n) is 5.05. The Labute approximate surface area is 86.9 Å². The van der Waals surface area contributed by atoms with Gasteiger partial charge in [-0.25, -0.2) is 4.98 Å². The highest BCUT2D eigenvalue weighted by molar-refractivity contribution is 5.79. The number of carbonyl (C=O) groups is 1. The molecule has 0 radical (unpaired) electrons. The van der Waals surface area contributed by atoms with Gasteiger partial charge in [0.1, 0.15) is 6.17 Å². The quantitative estimate of drug-likeness (QED) is 0.759. The summed E-state index contributed by atoms with van der Waals surface area (Å²) in [5.41, 5.74) is 2.04. The summed E-state index contributed by atoms with van der Waals surface area (Å²) in [7, 11) is 0. The summed E-state index contributed by atoms with van der Waals surface area (Å²) in [6.07, 6.45) is 3.32. The molecule has 1 fully saturated rings. The van der Waals surface area contributed by atoms with Crippen LogP contribution in [0, 0.1) is 0 Å². The number of carbonyl (C=O) groups excluding carboxylic acids is 1. The van der Waals surface area contributed by atoms with Crippen LogP contribution in [0.25, 0.3) is 11.0 Å². The Hall–Kier alpha value is -1.84. The van der Waals surface area contributed by atoms with Gasteiger partial charge in [-0.15, -0.1) is 0 Å². The molecular formula is C11H11N3O. The summed E-state index contributed by atoms with van der Waals surface area (Å²) in [4.78, 5) is 15.4. The lowest BCUT2D eigenvalue weighted by Gasteiger charge is -2.12. The fourth-order valence-corrected chi connectivity index (χ4v) is 2.03. The third-order valence-electron chi connectivity index (χ3n) is 2.79. The van der Waals surface area contributed by atoms with Crippen molar-refractivity contribution < 1.29 is 4.79 Å². The normalized spacial score (nSPS) is 20.8. The van der Waals surface area contributed by atoms with Crippen molar-refractivity contribution in [3.63, 3.8) is 0 Å². The lowest BCUT2D eigenvalue weighted by atomic mass is 10.3. The maximum Gasteiger partial charge on any atom is 0.221 e. The standard InChI is InChI=1S/C11H11N3O/c15-11-6-5-10(13-11)14-7-12-8-3-1-2-4-9(8)14/h1-4,7,10H,5-6H2,(H,13,15). The Kier molecular flexibility index (Phi) is 1.74. The van der Waals surface area contributed by atoms with Gasteiger partial charge in [-0.05, 0) is 18.6 Å². The second-order valence-corrected chi connectivity index (χ2v) is 3.76. The zero-order chi connectivity index (χ0) is 10.3. The highest BCUT2D eigenvalue weighted by atomic mass is 16.2. The molecule has 1 aliphatic heterocycles. The number of hydrogen-bond acceptors (Lipinski definition) is 2. The van der Waals surface area contributed by atoms with Gasteiger partial charge in [0.05, 0.1) is 17.4 Å². The van der Waals surface area contributed by atoms with E-state index in [1.54, 1.807) is 6.33 Å². The van der Waals surface area contributed by atoms with Gasteiger partial charge >= 0.3 is 0 Å². The fraction of sp³-hybridized carbons (Fsp3) is 0.273. The molecule has 15 heavy (non-hydrogen) atoms. The van der Waals surface area contributed by atoms with Gasteiger partial charge in [0.2, 0.25) is 5.91 Å². The van der Waals surface area contributed by atoms with Crippen LogP contribution in [-0.4, -0.2) is 15.5 Å². The fourth-order valence-electron chi connectivity index (χ4n) is 2.03. The third-order valence-corrected chi connectivity index (χ3v) is 2.79. The number of para-hydroxylation sites is 2. The van der Waals surface area contributed by atoms with Crippen LogP contribution in [0.3, 0.4) is 0 Å². The third kappa shape index (κ3) is 1.29. The number of amides is 1. The zero-order valence-corrected chi connectivity index (χ0v) is 8.18. The molecule has 4 nitrogen and oxygen atoms in total. The largest absolute Gasteiger partial charge is 0.336 e. The minimum Gasteiger partial charge on any atom is -0.336 e. The van der Waals surface area contributed by atoms with Gasteiger partial charge < -0.3 is 9.88 Å². The van der Waals surface area contributed by atoms with Crippen LogP contribution in [0.15, 0.2) is 30.6 Å². The molecule has 0 saturated carbocycles. The zero-order valence-electron chi connectivity index (χ0n) is 8.18. The Balaban J connectivity index is 2.07. The second-order valence-electron chi connectivity index (χ2n) is 3.76. The van der Waals surface area contributed by atoms with E-state index in [4.69, 9.17) is 0 Å². The van der Waals surface area contributed by atoms with Gasteiger partial charge in [-0.2, -0.15) is 0 Å². The number of rotatable bonds is 1. The maximum atomic E-state index is 11.1. The van der Waals surface area contributed by atoms with E-state index in [2.05, 4.69) is 10.3 Å². The highest BCUT2D eigenvalue weighted by Crippen LogP contribution is 2.22. The first-order valence-corrected chi connectivity index (χ1v) is 5.05. The van der Waals surface area contributed by atoms with Gasteiger partial charge in [-0.1, -0.05) is 12.1 Å². The van der Waals surface area contributed by atoms with Crippen molar-refractivity contribution in [3.05, 3.63) is 30.6 Å². The van der Waals surface area contributed by atoms with Gasteiger partial charge in [-0.3, -0.25) is 4.79 Å². The van der Waals surface area contributed by atoms with Crippen LogP contribution >= 0.6 is 0 Å². The van der Waals surface area contributed by atoms with Crippen LogP contribution in [0.2, 0.25) is 0 Å². The predicted octanol–water partition coefficient (Wildman–Crippen LogP) is 1.44. The molecule has 0 bridgehead atoms. The van der Waals surface area contributed by atoms with Crippen LogP contribution < -0.4 is 5.32 Å². The molecule has 1 saturated heterocycles. The summed E-state index contributed by atoms with van der Waals surface area (Å²) in [6, 6.07) is 7.94. The molecule has 4 heteroatoms. The number of imidazole rings is 1. The molecule has 2 heterocycles. The van der Waals surface area contributed by atoms with Gasteiger partial charge in [0, 0.05) is 6.42 Å². The lowest BCUT2D eigenvalue weighted by molar-refractivity contribution is -0.119. The van der Waals surface area contributed by atoms with Crippen LogP contribution in [0.4, 0.5) is 0 Å². The minimum atomic E-state index is 0.0740. The number of aromatic nitrogens is 2. The average molecular weight is 201 g/mol. The molecule has 1 aromatic carbocycles. The van der Waals surface area contributed by atoms with Crippen molar-refractivity contribution in [2.75, 3.05) is 0 Å². The molecule has 1 amide bonds. The molecule has 1 aliphatic rings. The molecule has 1 N–H and O–H groups in total. The molecular weight excluding hydrogens is 190 g/mol. The number of benzene rings is 1. The maximum absolute atomic E-state index is 11.1. The van der Waals surface area contributed by atoms with Crippen molar-refractivity contribution in [1.29, 1.82) is 0 Å². The summed E-state index contributed by atoms with van der Waals surface area (Å²) < 4.78 is 2.03. The van der Waals surface area contributed by atoms with Gasteiger partial charge in [0.15, 0.2) is 0 Å². The molecule has 1 aromatic heterocycles. The Morgan fingerprint density at radius 1 is 1.40 bits per heavy atom. The molecule has 1 atom stereocenters. The number of nitrogens with one attached hydrogen (secondary N) is 1. The van der Waals surface area contributed by atoms with Crippen molar-refractivity contribution in [2.45, 2.75) is 19.0 Å². The van der Waals surface area contributed by atoms with E-state index in [0.29, 0.717) is 6.42 Å². The highest BCUT2D eigenvalue weighted by Gasteiger charge is 2.22. The van der Waals surface area contributed by atoms with Crippen molar-refractivity contribution in [1.82, 2.24) is 14.9 Å². The first kappa shape index (κ1) is 8.47. The average Bonchev–Trinajstić information content (AvgIpc) is 2.83. The molecule has 1 unspecified atom stereocenters. The van der Waals surface area contributed by atoms with Crippen molar-refractivity contribution >= 4 is 16.9 Å². The monoisotopic (exact) mass is 201 g/mol. The van der Waals surface area contributed by atoms with Gasteiger partial charge in [0.25, 0.3) is 0 Å². The smallest absolute Gasteiger partial charge is 0.221 e. The lowest BCUT2D eigenvalue weighted by Crippen LogP contribution is -2.22.